The van der Waals surface area contributed by atoms with Crippen molar-refractivity contribution in [2.75, 3.05) is 19.8 Å². The summed E-state index contributed by atoms with van der Waals surface area (Å²) in [6.07, 6.45) is -0.285. The summed E-state index contributed by atoms with van der Waals surface area (Å²) in [5.41, 5.74) is -1.11. The first-order chi connectivity index (χ1) is 9.06. The molecule has 0 aliphatic rings. The number of hydrogen-bond acceptors (Lipinski definition) is 5. The molecular weight excluding hydrogens is 262 g/mol. The third-order valence-electron chi connectivity index (χ3n) is 2.06. The molecule has 0 saturated heterocycles. The number of esters is 1. The molecular formula is C14H27NO5. The van der Waals surface area contributed by atoms with Gasteiger partial charge in [0.05, 0.1) is 31.8 Å². The zero-order valence-corrected chi connectivity index (χ0v) is 13.4. The molecule has 0 spiro atoms. The highest BCUT2D eigenvalue weighted by atomic mass is 16.6. The zero-order chi connectivity index (χ0) is 15.8. The van der Waals surface area contributed by atoms with Crippen molar-refractivity contribution < 1.29 is 23.8 Å². The minimum absolute atomic E-state index is 0.205. The Balaban J connectivity index is 3.95. The van der Waals surface area contributed by atoms with Crippen molar-refractivity contribution in [3.05, 3.63) is 0 Å². The maximum atomic E-state index is 11.6. The average molecular weight is 289 g/mol. The van der Waals surface area contributed by atoms with Gasteiger partial charge in [-0.05, 0) is 41.5 Å². The van der Waals surface area contributed by atoms with Crippen LogP contribution in [-0.2, 0) is 19.0 Å². The van der Waals surface area contributed by atoms with Crippen molar-refractivity contribution in [1.29, 1.82) is 0 Å². The smallest absolute Gasteiger partial charge is 0.408 e. The first-order valence-electron chi connectivity index (χ1n) is 6.80. The molecule has 118 valence electrons. The second-order valence-corrected chi connectivity index (χ2v) is 6.12. The van der Waals surface area contributed by atoms with E-state index in [-0.39, 0.29) is 25.6 Å². The normalized spacial score (nSPS) is 11.9. The molecule has 0 rings (SSSR count). The number of ether oxygens (including phenoxy) is 3. The van der Waals surface area contributed by atoms with Crippen molar-refractivity contribution in [2.45, 2.75) is 59.1 Å². The van der Waals surface area contributed by atoms with Crippen molar-refractivity contribution >= 4 is 12.1 Å². The summed E-state index contributed by atoms with van der Waals surface area (Å²) in [7, 11) is 0. The first kappa shape index (κ1) is 18.7. The van der Waals surface area contributed by atoms with Gasteiger partial charge in [-0.25, -0.2) is 4.79 Å². The molecule has 0 fully saturated rings. The van der Waals surface area contributed by atoms with E-state index in [0.717, 1.165) is 0 Å². The third-order valence-corrected chi connectivity index (χ3v) is 2.06. The van der Waals surface area contributed by atoms with Gasteiger partial charge in [0.2, 0.25) is 0 Å². The molecule has 0 unspecified atom stereocenters. The van der Waals surface area contributed by atoms with Gasteiger partial charge in [0.25, 0.3) is 0 Å². The zero-order valence-electron chi connectivity index (χ0n) is 13.4. The SMILES string of the molecule is CCOC(=O)CCOCC(C)(C)NC(=O)OC(C)(C)C. The van der Waals surface area contributed by atoms with Crippen molar-refractivity contribution in [3.63, 3.8) is 0 Å². The fourth-order valence-electron chi connectivity index (χ4n) is 1.33. The molecule has 0 aliphatic heterocycles. The number of nitrogens with one attached hydrogen (secondary N) is 1. The van der Waals surface area contributed by atoms with Crippen LogP contribution in [0.15, 0.2) is 0 Å². The van der Waals surface area contributed by atoms with E-state index in [2.05, 4.69) is 5.32 Å². The number of carbonyl (C=O) groups is 2. The number of carbonyl (C=O) groups excluding carboxylic acids is 2. The van der Waals surface area contributed by atoms with E-state index in [4.69, 9.17) is 14.2 Å². The van der Waals surface area contributed by atoms with Crippen molar-refractivity contribution in [1.82, 2.24) is 5.32 Å². The Labute approximate surface area is 121 Å². The summed E-state index contributed by atoms with van der Waals surface area (Å²) >= 11 is 0. The third kappa shape index (κ3) is 10.6. The van der Waals surface area contributed by atoms with E-state index in [1.165, 1.54) is 0 Å². The lowest BCUT2D eigenvalue weighted by Gasteiger charge is -2.28. The Morgan fingerprint density at radius 2 is 1.70 bits per heavy atom. The molecule has 0 aromatic rings. The molecule has 0 aromatic heterocycles. The molecule has 0 atom stereocenters. The highest BCUT2D eigenvalue weighted by molar-refractivity contribution is 5.69. The molecule has 0 heterocycles. The van der Waals surface area contributed by atoms with Gasteiger partial charge in [0.1, 0.15) is 5.60 Å². The Morgan fingerprint density at radius 1 is 1.10 bits per heavy atom. The van der Waals surface area contributed by atoms with Gasteiger partial charge >= 0.3 is 12.1 Å². The first-order valence-corrected chi connectivity index (χ1v) is 6.80. The maximum absolute atomic E-state index is 11.6. The maximum Gasteiger partial charge on any atom is 0.408 e. The topological polar surface area (TPSA) is 73.9 Å². The molecule has 6 heteroatoms. The Hall–Kier alpha value is -1.30. The van der Waals surface area contributed by atoms with E-state index in [9.17, 15) is 9.59 Å². The van der Waals surface area contributed by atoms with Crippen LogP contribution in [0.2, 0.25) is 0 Å². The standard InChI is InChI=1S/C14H27NO5/c1-7-19-11(16)8-9-18-10-14(5,6)15-12(17)20-13(2,3)4/h7-10H2,1-6H3,(H,15,17). The van der Waals surface area contributed by atoms with Crippen LogP contribution < -0.4 is 5.32 Å². The highest BCUT2D eigenvalue weighted by Gasteiger charge is 2.24. The summed E-state index contributed by atoms with van der Waals surface area (Å²) < 4.78 is 15.3. The molecule has 0 saturated carbocycles. The molecule has 0 aromatic carbocycles. The lowest BCUT2D eigenvalue weighted by atomic mass is 10.1. The van der Waals surface area contributed by atoms with Gasteiger partial charge in [0.15, 0.2) is 0 Å². The van der Waals surface area contributed by atoms with Gasteiger partial charge in [-0.2, -0.15) is 0 Å². The molecule has 0 bridgehead atoms. The monoisotopic (exact) mass is 289 g/mol. The Morgan fingerprint density at radius 3 is 2.20 bits per heavy atom. The summed E-state index contributed by atoms with van der Waals surface area (Å²) in [5.74, 6) is -0.287. The molecule has 0 aliphatic carbocycles. The Kier molecular flexibility index (Phi) is 7.57. The van der Waals surface area contributed by atoms with Crippen LogP contribution in [0, 0.1) is 0 Å². The number of alkyl carbamates (subject to hydrolysis) is 1. The van der Waals surface area contributed by atoms with Crippen LogP contribution in [0.3, 0.4) is 0 Å². The number of amides is 1. The van der Waals surface area contributed by atoms with E-state index in [0.29, 0.717) is 6.61 Å². The van der Waals surface area contributed by atoms with Crippen molar-refractivity contribution in [2.24, 2.45) is 0 Å². The molecule has 0 radical (unpaired) electrons. The van der Waals surface area contributed by atoms with Crippen molar-refractivity contribution in [3.8, 4) is 0 Å². The largest absolute Gasteiger partial charge is 0.466 e. The van der Waals surface area contributed by atoms with Gasteiger partial charge in [0, 0.05) is 0 Å². The van der Waals surface area contributed by atoms with Gasteiger partial charge in [-0.15, -0.1) is 0 Å². The van der Waals surface area contributed by atoms with Crippen LogP contribution in [0.25, 0.3) is 0 Å². The lowest BCUT2D eigenvalue weighted by Crippen LogP contribution is -2.48. The molecule has 1 N–H and O–H groups in total. The Bertz CT molecular complexity index is 320. The molecule has 1 amide bonds. The number of hydrogen-bond donors (Lipinski definition) is 1. The fraction of sp³-hybridized carbons (Fsp3) is 0.857. The molecule has 20 heavy (non-hydrogen) atoms. The van der Waals surface area contributed by atoms with E-state index in [1.807, 2.05) is 13.8 Å². The summed E-state index contributed by atoms with van der Waals surface area (Å²) in [5, 5.41) is 2.72. The average Bonchev–Trinajstić information content (AvgIpc) is 2.21. The van der Waals surface area contributed by atoms with E-state index >= 15 is 0 Å². The van der Waals surface area contributed by atoms with Gasteiger partial charge in [-0.3, -0.25) is 4.79 Å². The molecule has 6 nitrogen and oxygen atoms in total. The number of rotatable bonds is 7. The summed E-state index contributed by atoms with van der Waals surface area (Å²) in [6, 6.07) is 0. The summed E-state index contributed by atoms with van der Waals surface area (Å²) in [6.45, 7) is 11.7. The minimum atomic E-state index is -0.572. The highest BCUT2D eigenvalue weighted by Crippen LogP contribution is 2.09. The van der Waals surface area contributed by atoms with E-state index in [1.54, 1.807) is 27.7 Å². The fourth-order valence-corrected chi connectivity index (χ4v) is 1.33. The van der Waals surface area contributed by atoms with Gasteiger partial charge in [-0.1, -0.05) is 0 Å². The second-order valence-electron chi connectivity index (χ2n) is 6.12. The lowest BCUT2D eigenvalue weighted by molar-refractivity contribution is -0.144. The van der Waals surface area contributed by atoms with Crippen LogP contribution in [-0.4, -0.2) is 43.0 Å². The quantitative estimate of drug-likeness (QED) is 0.575. The van der Waals surface area contributed by atoms with Gasteiger partial charge < -0.3 is 19.5 Å². The van der Waals surface area contributed by atoms with E-state index < -0.39 is 17.2 Å². The van der Waals surface area contributed by atoms with Crippen LogP contribution >= 0.6 is 0 Å². The van der Waals surface area contributed by atoms with Crippen LogP contribution in [0.4, 0.5) is 4.79 Å². The minimum Gasteiger partial charge on any atom is -0.466 e. The predicted octanol–water partition coefficient (Wildman–Crippen LogP) is 2.26. The van der Waals surface area contributed by atoms with Crippen LogP contribution in [0.5, 0.6) is 0 Å². The van der Waals surface area contributed by atoms with Crippen LogP contribution in [0.1, 0.15) is 48.0 Å². The summed E-state index contributed by atoms with van der Waals surface area (Å²) in [4.78, 5) is 22.7. The second kappa shape index (κ2) is 8.09. The predicted molar refractivity (Wildman–Crippen MR) is 75.5 cm³/mol.